The summed E-state index contributed by atoms with van der Waals surface area (Å²) < 4.78 is 43.7. The van der Waals surface area contributed by atoms with Crippen LogP contribution in [-0.2, 0) is 17.5 Å². The number of hydrogen-bond acceptors (Lipinski definition) is 5. The molecular weight excluding hydrogens is 379 g/mol. The van der Waals surface area contributed by atoms with Gasteiger partial charge in [0.25, 0.3) is 0 Å². The van der Waals surface area contributed by atoms with Gasteiger partial charge in [0.2, 0.25) is 0 Å². The lowest BCUT2D eigenvalue weighted by atomic mass is 10.2. The van der Waals surface area contributed by atoms with Crippen LogP contribution in [0.25, 0.3) is 0 Å². The monoisotopic (exact) mass is 407 g/mol. The number of guanidine groups is 1. The van der Waals surface area contributed by atoms with E-state index in [1.54, 1.807) is 0 Å². The average Bonchev–Trinajstić information content (AvgIpc) is 3.06. The molecule has 1 atom stereocenters. The number of nitrogens with zero attached hydrogens (tertiary/aromatic N) is 3. The topological polar surface area (TPSA) is 61.8 Å². The van der Waals surface area contributed by atoms with E-state index in [0.717, 1.165) is 36.4 Å². The number of thiazole rings is 1. The number of halogens is 3. The average molecular weight is 408 g/mol. The molecule has 1 fully saturated rings. The smallest absolute Gasteiger partial charge is 0.374 e. The summed E-state index contributed by atoms with van der Waals surface area (Å²) in [4.78, 5) is 10.3. The molecule has 1 unspecified atom stereocenters. The summed E-state index contributed by atoms with van der Waals surface area (Å²) in [7, 11) is 0. The summed E-state index contributed by atoms with van der Waals surface area (Å²) in [6.45, 7) is 11.2. The summed E-state index contributed by atoms with van der Waals surface area (Å²) in [6, 6.07) is 0. The van der Waals surface area contributed by atoms with Gasteiger partial charge >= 0.3 is 6.18 Å². The molecule has 1 saturated heterocycles. The Morgan fingerprint density at radius 1 is 1.44 bits per heavy atom. The van der Waals surface area contributed by atoms with E-state index in [9.17, 15) is 13.2 Å². The van der Waals surface area contributed by atoms with Crippen molar-refractivity contribution >= 4 is 17.3 Å². The zero-order valence-electron chi connectivity index (χ0n) is 16.0. The van der Waals surface area contributed by atoms with Gasteiger partial charge in [0, 0.05) is 38.1 Å². The minimum absolute atomic E-state index is 0.0538. The molecule has 0 aromatic carbocycles. The lowest BCUT2D eigenvalue weighted by Crippen LogP contribution is -2.50. The maximum Gasteiger partial charge on any atom is 0.434 e. The van der Waals surface area contributed by atoms with Crippen molar-refractivity contribution < 1.29 is 17.9 Å². The molecule has 0 amide bonds. The highest BCUT2D eigenvalue weighted by molar-refractivity contribution is 7.09. The number of hydrogen-bond donors (Lipinski definition) is 2. The molecule has 2 N–H and O–H groups in total. The first-order valence-electron chi connectivity index (χ1n) is 9.15. The summed E-state index contributed by atoms with van der Waals surface area (Å²) in [6.07, 6.45) is -4.36. The first kappa shape index (κ1) is 21.9. The maximum atomic E-state index is 12.6. The number of aliphatic imine (C=N–C) groups is 1. The molecule has 0 saturated carbocycles. The first-order chi connectivity index (χ1) is 12.8. The standard InChI is InChI=1S/C17H28F3N5OS/c1-4-21-16(23-8-15-24-14(11-27-15)17(18,19)20)22-7-13-10-25(5-6-26-13)9-12(2)3/h11-13H,4-10H2,1-3H3,(H2,21,22,23). The van der Waals surface area contributed by atoms with Crippen molar-refractivity contribution in [3.63, 3.8) is 0 Å². The predicted octanol–water partition coefficient (Wildman–Crippen LogP) is 2.57. The van der Waals surface area contributed by atoms with Gasteiger partial charge in [-0.25, -0.2) is 9.98 Å². The fourth-order valence-corrected chi connectivity index (χ4v) is 3.52. The van der Waals surface area contributed by atoms with Crippen molar-refractivity contribution in [1.29, 1.82) is 0 Å². The van der Waals surface area contributed by atoms with Crippen LogP contribution in [0.5, 0.6) is 0 Å². The van der Waals surface area contributed by atoms with Crippen molar-refractivity contribution in [3.05, 3.63) is 16.1 Å². The molecule has 1 aliphatic heterocycles. The SMILES string of the molecule is CCNC(=NCc1nc(C(F)(F)F)cs1)NCC1CN(CC(C)C)CCO1. The van der Waals surface area contributed by atoms with Crippen LogP contribution < -0.4 is 10.6 Å². The van der Waals surface area contributed by atoms with Crippen LogP contribution in [-0.4, -0.2) is 61.3 Å². The predicted molar refractivity (Wildman–Crippen MR) is 101 cm³/mol. The molecule has 2 heterocycles. The molecule has 0 aliphatic carbocycles. The number of morpholine rings is 1. The summed E-state index contributed by atoms with van der Waals surface area (Å²) >= 11 is 0.963. The van der Waals surface area contributed by atoms with Gasteiger partial charge in [0.15, 0.2) is 11.7 Å². The van der Waals surface area contributed by atoms with Crippen molar-refractivity contribution in [2.24, 2.45) is 10.9 Å². The van der Waals surface area contributed by atoms with Crippen molar-refractivity contribution in [2.45, 2.75) is 39.6 Å². The molecule has 1 aromatic heterocycles. The van der Waals surface area contributed by atoms with Gasteiger partial charge in [-0.2, -0.15) is 13.2 Å². The Hall–Kier alpha value is -1.39. The van der Waals surface area contributed by atoms with E-state index in [-0.39, 0.29) is 12.6 Å². The van der Waals surface area contributed by atoms with Crippen LogP contribution >= 0.6 is 11.3 Å². The Labute approximate surface area is 162 Å². The fourth-order valence-electron chi connectivity index (χ4n) is 2.80. The van der Waals surface area contributed by atoms with Crippen molar-refractivity contribution in [3.8, 4) is 0 Å². The molecular formula is C17H28F3N5OS. The first-order valence-corrected chi connectivity index (χ1v) is 10.0. The molecule has 2 rings (SSSR count). The van der Waals surface area contributed by atoms with Crippen LogP contribution in [0.4, 0.5) is 13.2 Å². The largest absolute Gasteiger partial charge is 0.434 e. The van der Waals surface area contributed by atoms with E-state index in [1.165, 1.54) is 0 Å². The van der Waals surface area contributed by atoms with Crippen LogP contribution in [0.15, 0.2) is 10.4 Å². The van der Waals surface area contributed by atoms with E-state index in [1.807, 2.05) is 6.92 Å². The summed E-state index contributed by atoms with van der Waals surface area (Å²) in [5, 5.41) is 7.66. The van der Waals surface area contributed by atoms with Crippen LogP contribution in [0, 0.1) is 5.92 Å². The zero-order valence-corrected chi connectivity index (χ0v) is 16.8. The normalized spacial score (nSPS) is 19.5. The van der Waals surface area contributed by atoms with E-state index in [4.69, 9.17) is 4.74 Å². The maximum absolute atomic E-state index is 12.6. The Balaban J connectivity index is 1.87. The van der Waals surface area contributed by atoms with Crippen LogP contribution in [0.3, 0.4) is 0 Å². The summed E-state index contributed by atoms with van der Waals surface area (Å²) in [5.41, 5.74) is -0.864. The van der Waals surface area contributed by atoms with E-state index in [2.05, 4.69) is 39.4 Å². The van der Waals surface area contributed by atoms with Gasteiger partial charge in [-0.3, -0.25) is 4.90 Å². The van der Waals surface area contributed by atoms with Gasteiger partial charge in [-0.05, 0) is 12.8 Å². The highest BCUT2D eigenvalue weighted by Crippen LogP contribution is 2.30. The second-order valence-electron chi connectivity index (χ2n) is 6.85. The van der Waals surface area contributed by atoms with Crippen molar-refractivity contribution in [1.82, 2.24) is 20.5 Å². The highest BCUT2D eigenvalue weighted by atomic mass is 32.1. The molecule has 0 spiro atoms. The number of rotatable bonds is 7. The second-order valence-corrected chi connectivity index (χ2v) is 7.79. The molecule has 1 aromatic rings. The quantitative estimate of drug-likeness (QED) is 0.537. The Kier molecular flexibility index (Phi) is 8.30. The van der Waals surface area contributed by atoms with Crippen LogP contribution in [0.2, 0.25) is 0 Å². The second kappa shape index (κ2) is 10.2. The van der Waals surface area contributed by atoms with Crippen LogP contribution in [0.1, 0.15) is 31.5 Å². The number of nitrogens with one attached hydrogen (secondary N) is 2. The third-order valence-electron chi connectivity index (χ3n) is 3.90. The number of alkyl halides is 3. The minimum atomic E-state index is -4.42. The molecule has 10 heteroatoms. The zero-order chi connectivity index (χ0) is 19.9. The lowest BCUT2D eigenvalue weighted by molar-refractivity contribution is -0.140. The van der Waals surface area contributed by atoms with Gasteiger partial charge in [-0.15, -0.1) is 11.3 Å². The molecule has 154 valence electrons. The van der Waals surface area contributed by atoms with Gasteiger partial charge in [0.1, 0.15) is 5.01 Å². The molecule has 0 radical (unpaired) electrons. The minimum Gasteiger partial charge on any atom is -0.374 e. The lowest BCUT2D eigenvalue weighted by Gasteiger charge is -2.34. The van der Waals surface area contributed by atoms with E-state index in [0.29, 0.717) is 36.6 Å². The summed E-state index contributed by atoms with van der Waals surface area (Å²) in [5.74, 6) is 1.15. The third kappa shape index (κ3) is 7.63. The van der Waals surface area contributed by atoms with Crippen molar-refractivity contribution in [2.75, 3.05) is 39.3 Å². The fraction of sp³-hybridized carbons (Fsp3) is 0.765. The Morgan fingerprint density at radius 3 is 2.85 bits per heavy atom. The van der Waals surface area contributed by atoms with E-state index >= 15 is 0 Å². The molecule has 6 nitrogen and oxygen atoms in total. The van der Waals surface area contributed by atoms with Gasteiger partial charge < -0.3 is 15.4 Å². The molecule has 1 aliphatic rings. The van der Waals surface area contributed by atoms with Gasteiger partial charge in [-0.1, -0.05) is 13.8 Å². The Bertz CT molecular complexity index is 606. The number of ether oxygens (including phenoxy) is 1. The highest BCUT2D eigenvalue weighted by Gasteiger charge is 2.33. The number of aromatic nitrogens is 1. The molecule has 0 bridgehead atoms. The third-order valence-corrected chi connectivity index (χ3v) is 4.74. The molecule has 27 heavy (non-hydrogen) atoms. The Morgan fingerprint density at radius 2 is 2.22 bits per heavy atom. The van der Waals surface area contributed by atoms with E-state index < -0.39 is 11.9 Å². The van der Waals surface area contributed by atoms with Gasteiger partial charge in [0.05, 0.1) is 19.3 Å².